The van der Waals surface area contributed by atoms with E-state index in [0.717, 1.165) is 17.0 Å². The van der Waals surface area contributed by atoms with Crippen LogP contribution in [0.2, 0.25) is 0 Å². The van der Waals surface area contributed by atoms with Crippen molar-refractivity contribution in [3.8, 4) is 17.3 Å². The number of H-pyrrole nitrogens is 1. The Balaban J connectivity index is 2.31. The lowest BCUT2D eigenvalue weighted by atomic mass is 10.2. The molecule has 0 bridgehead atoms. The quantitative estimate of drug-likeness (QED) is 0.935. The van der Waals surface area contributed by atoms with E-state index in [4.69, 9.17) is 5.26 Å². The van der Waals surface area contributed by atoms with E-state index in [1.165, 1.54) is 18.4 Å². The van der Waals surface area contributed by atoms with Gasteiger partial charge in [0, 0.05) is 25.5 Å². The van der Waals surface area contributed by atoms with Gasteiger partial charge < -0.3 is 4.98 Å². The Morgan fingerprint density at radius 3 is 2.35 bits per heavy atom. The topological polar surface area (TPSA) is 77.0 Å². The molecule has 0 spiro atoms. The van der Waals surface area contributed by atoms with E-state index in [0.29, 0.717) is 6.42 Å². The van der Waals surface area contributed by atoms with Crippen LogP contribution in [0, 0.1) is 11.3 Å². The molecule has 6 heteroatoms. The number of nitrogens with zero attached hydrogens (tertiary/aromatic N) is 2. The largest absolute Gasteiger partial charge is 0.358 e. The number of hydrogen-bond acceptors (Lipinski definition) is 3. The zero-order chi connectivity index (χ0) is 14.8. The second-order valence-electron chi connectivity index (χ2n) is 4.54. The number of nitriles is 1. The summed E-state index contributed by atoms with van der Waals surface area (Å²) in [5.74, 6) is 0. The molecule has 0 unspecified atom stereocenters. The summed E-state index contributed by atoms with van der Waals surface area (Å²) >= 11 is 0. The fraction of sp³-hybridized carbons (Fsp3) is 0.214. The number of sulfonamides is 1. The van der Waals surface area contributed by atoms with Gasteiger partial charge in [-0.15, -0.1) is 0 Å². The summed E-state index contributed by atoms with van der Waals surface area (Å²) in [6.07, 6.45) is 0.326. The predicted octanol–water partition coefficient (Wildman–Crippen LogP) is 2.00. The van der Waals surface area contributed by atoms with E-state index in [9.17, 15) is 8.42 Å². The van der Waals surface area contributed by atoms with E-state index in [2.05, 4.69) is 11.1 Å². The molecule has 0 saturated heterocycles. The molecule has 1 aromatic carbocycles. The molecule has 0 aliphatic heterocycles. The number of rotatable bonds is 4. The van der Waals surface area contributed by atoms with Crippen LogP contribution in [0.1, 0.15) is 5.69 Å². The van der Waals surface area contributed by atoms with E-state index >= 15 is 0 Å². The molecule has 1 N–H and O–H groups in total. The van der Waals surface area contributed by atoms with Crippen molar-refractivity contribution in [1.29, 1.82) is 5.26 Å². The molecule has 0 aliphatic carbocycles. The first-order valence-corrected chi connectivity index (χ1v) is 7.47. The maximum absolute atomic E-state index is 12.0. The third kappa shape index (κ3) is 2.74. The lowest BCUT2D eigenvalue weighted by Gasteiger charge is -2.11. The summed E-state index contributed by atoms with van der Waals surface area (Å²) in [5, 5.41) is 8.64. The summed E-state index contributed by atoms with van der Waals surface area (Å²) in [6, 6.07) is 12.5. The summed E-state index contributed by atoms with van der Waals surface area (Å²) < 4.78 is 25.1. The third-order valence-corrected chi connectivity index (χ3v) is 4.79. The van der Waals surface area contributed by atoms with Crippen molar-refractivity contribution >= 4 is 10.0 Å². The smallest absolute Gasteiger partial charge is 0.242 e. The Morgan fingerprint density at radius 2 is 1.80 bits per heavy atom. The summed E-state index contributed by atoms with van der Waals surface area (Å²) in [7, 11) is -0.394. The molecule has 0 radical (unpaired) electrons. The van der Waals surface area contributed by atoms with Gasteiger partial charge in [0.1, 0.15) is 0 Å². The first-order valence-electron chi connectivity index (χ1n) is 6.03. The summed E-state index contributed by atoms with van der Waals surface area (Å²) in [4.78, 5) is 3.39. The predicted molar refractivity (Wildman–Crippen MR) is 76.4 cm³/mol. The van der Waals surface area contributed by atoms with Crippen LogP contribution >= 0.6 is 0 Å². The number of nitrogens with one attached hydrogen (secondary N) is 1. The van der Waals surface area contributed by atoms with Gasteiger partial charge in [0.25, 0.3) is 0 Å². The van der Waals surface area contributed by atoms with Gasteiger partial charge in [-0.2, -0.15) is 5.26 Å². The van der Waals surface area contributed by atoms with Crippen LogP contribution in [0.25, 0.3) is 11.3 Å². The molecule has 0 atom stereocenters. The van der Waals surface area contributed by atoms with Crippen molar-refractivity contribution in [2.75, 3.05) is 14.1 Å². The molecule has 0 fully saturated rings. The third-order valence-electron chi connectivity index (χ3n) is 2.96. The maximum Gasteiger partial charge on any atom is 0.242 e. The van der Waals surface area contributed by atoms with E-state index in [-0.39, 0.29) is 4.90 Å². The van der Waals surface area contributed by atoms with E-state index in [1.54, 1.807) is 24.3 Å². The highest BCUT2D eigenvalue weighted by Crippen LogP contribution is 2.22. The van der Waals surface area contributed by atoms with Crippen LogP contribution in [-0.2, 0) is 16.4 Å². The second kappa shape index (κ2) is 5.49. The van der Waals surface area contributed by atoms with E-state index < -0.39 is 10.0 Å². The molecular weight excluding hydrogens is 274 g/mol. The number of hydrogen-bond donors (Lipinski definition) is 1. The zero-order valence-electron chi connectivity index (χ0n) is 11.3. The molecule has 1 aromatic heterocycles. The molecule has 0 amide bonds. The van der Waals surface area contributed by atoms with Crippen LogP contribution in [0.15, 0.2) is 41.3 Å². The van der Waals surface area contributed by atoms with Crippen LogP contribution in [-0.4, -0.2) is 31.8 Å². The molecule has 20 heavy (non-hydrogen) atoms. The molecule has 2 rings (SSSR count). The lowest BCUT2D eigenvalue weighted by Crippen LogP contribution is -2.22. The molecule has 2 aromatic rings. The number of aromatic nitrogens is 1. The minimum Gasteiger partial charge on any atom is -0.358 e. The first kappa shape index (κ1) is 14.3. The molecular formula is C14H15N3O2S. The van der Waals surface area contributed by atoms with Crippen molar-refractivity contribution in [2.24, 2.45) is 0 Å². The highest BCUT2D eigenvalue weighted by molar-refractivity contribution is 7.89. The van der Waals surface area contributed by atoms with Gasteiger partial charge in [0.2, 0.25) is 10.0 Å². The monoisotopic (exact) mass is 289 g/mol. The average molecular weight is 289 g/mol. The number of benzene rings is 1. The van der Waals surface area contributed by atoms with Gasteiger partial charge >= 0.3 is 0 Å². The van der Waals surface area contributed by atoms with Crippen LogP contribution in [0.3, 0.4) is 0 Å². The Labute approximate surface area is 118 Å². The molecule has 0 aliphatic rings. The Kier molecular flexibility index (Phi) is 3.93. The van der Waals surface area contributed by atoms with Crippen molar-refractivity contribution in [3.05, 3.63) is 42.1 Å². The van der Waals surface area contributed by atoms with Crippen molar-refractivity contribution in [3.63, 3.8) is 0 Å². The Morgan fingerprint density at radius 1 is 1.15 bits per heavy atom. The fourth-order valence-corrected chi connectivity index (χ4v) is 2.72. The van der Waals surface area contributed by atoms with Gasteiger partial charge in [-0.1, -0.05) is 12.1 Å². The van der Waals surface area contributed by atoms with Crippen molar-refractivity contribution < 1.29 is 8.42 Å². The van der Waals surface area contributed by atoms with Crippen LogP contribution in [0.4, 0.5) is 0 Å². The van der Waals surface area contributed by atoms with E-state index in [1.807, 2.05) is 12.1 Å². The Hall–Kier alpha value is -2.10. The highest BCUT2D eigenvalue weighted by atomic mass is 32.2. The lowest BCUT2D eigenvalue weighted by molar-refractivity contribution is 0.521. The normalized spacial score (nSPS) is 11.5. The van der Waals surface area contributed by atoms with Gasteiger partial charge in [0.05, 0.1) is 17.4 Å². The minimum absolute atomic E-state index is 0.259. The fourth-order valence-electron chi connectivity index (χ4n) is 1.81. The van der Waals surface area contributed by atoms with Crippen LogP contribution < -0.4 is 0 Å². The zero-order valence-corrected chi connectivity index (χ0v) is 12.1. The molecule has 104 valence electrons. The second-order valence-corrected chi connectivity index (χ2v) is 6.70. The van der Waals surface area contributed by atoms with Crippen LogP contribution in [0.5, 0.6) is 0 Å². The highest BCUT2D eigenvalue weighted by Gasteiger charge is 2.16. The molecule has 5 nitrogen and oxygen atoms in total. The summed E-state index contributed by atoms with van der Waals surface area (Å²) in [5.41, 5.74) is 2.59. The summed E-state index contributed by atoms with van der Waals surface area (Å²) in [6.45, 7) is 0. The van der Waals surface area contributed by atoms with Crippen molar-refractivity contribution in [1.82, 2.24) is 9.29 Å². The average Bonchev–Trinajstić information content (AvgIpc) is 2.88. The minimum atomic E-state index is -3.40. The van der Waals surface area contributed by atoms with Crippen molar-refractivity contribution in [2.45, 2.75) is 11.3 Å². The Bertz CT molecular complexity index is 737. The molecule has 0 saturated carbocycles. The van der Waals surface area contributed by atoms with Gasteiger partial charge in [0.15, 0.2) is 0 Å². The van der Waals surface area contributed by atoms with Gasteiger partial charge in [-0.05, 0) is 29.8 Å². The SMILES string of the molecule is CN(C)S(=O)(=O)c1ccc(-c2ccc(CC#N)[nH]2)cc1. The maximum atomic E-state index is 12.0. The molecule has 1 heterocycles. The first-order chi connectivity index (χ1) is 9.45. The van der Waals surface area contributed by atoms with Gasteiger partial charge in [-0.25, -0.2) is 12.7 Å². The number of aromatic amines is 1. The van der Waals surface area contributed by atoms with Gasteiger partial charge in [-0.3, -0.25) is 0 Å². The standard InChI is InChI=1S/C14H15N3O2S/c1-17(2)20(18,19)13-6-3-11(4-7-13)14-8-5-12(16-14)9-10-15/h3-8,16H,9H2,1-2H3.